The Hall–Kier alpha value is -2.65. The van der Waals surface area contributed by atoms with E-state index in [2.05, 4.69) is 4.98 Å². The molecule has 2 aliphatic heterocycles. The van der Waals surface area contributed by atoms with E-state index in [4.69, 9.17) is 10.5 Å². The molecule has 2 unspecified atom stereocenters. The Bertz CT molecular complexity index is 1310. The van der Waals surface area contributed by atoms with Crippen molar-refractivity contribution in [3.8, 4) is 17.1 Å². The van der Waals surface area contributed by atoms with Crippen LogP contribution < -0.4 is 11.3 Å². The lowest BCUT2D eigenvalue weighted by Gasteiger charge is -2.37. The molecule has 0 amide bonds. The molecule has 5 rings (SSSR count). The number of carbonyl (C=O) groups is 1. The molecule has 0 bridgehead atoms. The first-order valence-corrected chi connectivity index (χ1v) is 9.85. The Morgan fingerprint density at radius 3 is 2.69 bits per heavy atom. The minimum absolute atomic E-state index is 0. The zero-order valence-corrected chi connectivity index (χ0v) is 19.0. The highest BCUT2D eigenvalue weighted by Crippen LogP contribution is 2.42. The number of nitrogens with two attached hydrogens (primary N) is 1. The summed E-state index contributed by atoms with van der Waals surface area (Å²) in [6, 6.07) is 7.91. The number of ether oxygens (including phenoxy) is 1. The Kier molecular flexibility index (Phi) is 6.03. The van der Waals surface area contributed by atoms with E-state index in [1.165, 1.54) is 0 Å². The smallest absolute Gasteiger partial charge is 0.343 e. The average Bonchev–Trinajstić information content (AvgIpc) is 3.08. The summed E-state index contributed by atoms with van der Waals surface area (Å²) in [7, 11) is 0. The molecule has 0 fully saturated rings. The molecule has 4 N–H and O–H groups in total. The first-order chi connectivity index (χ1) is 14.3. The fraction of sp³-hybridized carbons (Fsp3) is 0.318. The molecular weight excluding hydrogens is 457 g/mol. The molecule has 3 aromatic rings. The molecule has 32 heavy (non-hydrogen) atoms. The maximum Gasteiger partial charge on any atom is 0.343 e. The van der Waals surface area contributed by atoms with Crippen molar-refractivity contribution in [1.29, 1.82) is 0 Å². The molecule has 1 aromatic carbocycles. The van der Waals surface area contributed by atoms with E-state index >= 15 is 0 Å². The van der Waals surface area contributed by atoms with E-state index in [1.54, 1.807) is 42.7 Å². The van der Waals surface area contributed by atoms with Crippen molar-refractivity contribution in [3.63, 3.8) is 0 Å². The van der Waals surface area contributed by atoms with E-state index < -0.39 is 23.7 Å². The summed E-state index contributed by atoms with van der Waals surface area (Å²) in [5.74, 6) is -0.694. The highest BCUT2D eigenvalue weighted by atomic mass is 35.5. The number of carbonyl (C=O) groups excluding carboxylic acids is 1. The SMILES string of the molecule is CC[C@@]1(O)C(=O)OC(C(C)N)c2c1cc1n(c2=O)Cc2cc3c(O)cccc3nc2-1.Cl.Cl. The third kappa shape index (κ3) is 3.09. The number of hydrogen-bond donors (Lipinski definition) is 3. The number of benzene rings is 1. The van der Waals surface area contributed by atoms with E-state index in [9.17, 15) is 19.8 Å². The van der Waals surface area contributed by atoms with Crippen LogP contribution in [-0.2, 0) is 21.7 Å². The van der Waals surface area contributed by atoms with Crippen molar-refractivity contribution in [2.75, 3.05) is 0 Å². The Morgan fingerprint density at radius 2 is 2.03 bits per heavy atom. The maximum atomic E-state index is 13.5. The molecule has 0 aliphatic carbocycles. The normalized spacial score (nSPS) is 21.5. The molecule has 2 aromatic heterocycles. The summed E-state index contributed by atoms with van der Waals surface area (Å²) in [5, 5.41) is 21.9. The Morgan fingerprint density at radius 1 is 1.31 bits per heavy atom. The van der Waals surface area contributed by atoms with E-state index in [0.29, 0.717) is 22.3 Å². The topological polar surface area (TPSA) is 128 Å². The summed E-state index contributed by atoms with van der Waals surface area (Å²) in [6.45, 7) is 3.57. The second-order valence-electron chi connectivity index (χ2n) is 7.99. The lowest BCUT2D eigenvalue weighted by molar-refractivity contribution is -0.179. The summed E-state index contributed by atoms with van der Waals surface area (Å²) < 4.78 is 6.95. The predicted molar refractivity (Wildman–Crippen MR) is 123 cm³/mol. The minimum atomic E-state index is -1.92. The van der Waals surface area contributed by atoms with Crippen LogP contribution in [0, 0.1) is 0 Å². The van der Waals surface area contributed by atoms with Crippen LogP contribution in [0.15, 0.2) is 35.1 Å². The number of aliphatic hydroxyl groups is 1. The first kappa shape index (κ1) is 24.0. The molecule has 8 nitrogen and oxygen atoms in total. The lowest BCUT2D eigenvalue weighted by atomic mass is 9.82. The van der Waals surface area contributed by atoms with Crippen molar-refractivity contribution in [2.24, 2.45) is 5.73 Å². The second kappa shape index (κ2) is 8.04. The summed E-state index contributed by atoms with van der Waals surface area (Å²) in [6.07, 6.45) is -0.886. The number of nitrogens with zero attached hydrogens (tertiary/aromatic N) is 2. The molecule has 0 radical (unpaired) electrons. The van der Waals surface area contributed by atoms with Crippen molar-refractivity contribution in [2.45, 2.75) is 44.6 Å². The van der Waals surface area contributed by atoms with E-state index in [0.717, 1.165) is 5.56 Å². The molecule has 10 heteroatoms. The van der Waals surface area contributed by atoms with Crippen molar-refractivity contribution >= 4 is 41.7 Å². The first-order valence-electron chi connectivity index (χ1n) is 9.85. The largest absolute Gasteiger partial charge is 0.507 e. The zero-order valence-electron chi connectivity index (χ0n) is 17.4. The van der Waals surface area contributed by atoms with Gasteiger partial charge in [0.2, 0.25) is 0 Å². The standard InChI is InChI=1S/C22H21N3O5.2ClH/c1-3-22(29)13-8-15-18-11(7-12-14(24-18)5-4-6-16(12)26)9-25(15)20(27)17(13)19(10(2)23)30-21(22)28;;/h4-8,10,19,26,29H,3,9,23H2,1-2H3;2*1H/t10?,19?,22-;;/m0../s1. The maximum absolute atomic E-state index is 13.5. The van der Waals surface area contributed by atoms with Gasteiger partial charge in [-0.15, -0.1) is 24.8 Å². The van der Waals surface area contributed by atoms with Gasteiger partial charge in [-0.05, 0) is 37.6 Å². The van der Waals surface area contributed by atoms with Gasteiger partial charge in [0, 0.05) is 22.6 Å². The number of fused-ring (bicyclic) bond motifs is 5. The molecule has 4 heterocycles. The van der Waals surface area contributed by atoms with Crippen molar-refractivity contribution in [1.82, 2.24) is 9.55 Å². The van der Waals surface area contributed by atoms with Gasteiger partial charge in [-0.3, -0.25) is 4.79 Å². The summed E-state index contributed by atoms with van der Waals surface area (Å²) in [4.78, 5) is 30.8. The number of hydrogen-bond acceptors (Lipinski definition) is 7. The van der Waals surface area contributed by atoms with Gasteiger partial charge in [0.15, 0.2) is 5.60 Å². The van der Waals surface area contributed by atoms with Crippen LogP contribution in [0.5, 0.6) is 5.75 Å². The minimum Gasteiger partial charge on any atom is -0.507 e. The molecule has 0 spiro atoms. The molecule has 0 saturated heterocycles. The van der Waals surface area contributed by atoms with Crippen molar-refractivity contribution < 1.29 is 19.7 Å². The number of aromatic hydroxyl groups is 1. The van der Waals surface area contributed by atoms with Gasteiger partial charge >= 0.3 is 5.97 Å². The summed E-state index contributed by atoms with van der Waals surface area (Å²) in [5.41, 5.74) is 6.62. The Balaban J connectivity index is 0.00000144. The number of phenolic OH excluding ortho intramolecular Hbond substituents is 1. The van der Waals surface area contributed by atoms with Gasteiger partial charge < -0.3 is 25.3 Å². The van der Waals surface area contributed by atoms with E-state index in [-0.39, 0.29) is 60.2 Å². The molecule has 2 aliphatic rings. The van der Waals surface area contributed by atoms with Gasteiger partial charge in [0.05, 0.1) is 29.0 Å². The number of aromatic nitrogens is 2. The van der Waals surface area contributed by atoms with Gasteiger partial charge in [-0.1, -0.05) is 13.0 Å². The number of esters is 1. The number of rotatable bonds is 2. The quantitative estimate of drug-likeness (QED) is 0.376. The third-order valence-electron chi connectivity index (χ3n) is 6.11. The number of halogens is 2. The van der Waals surface area contributed by atoms with Gasteiger partial charge in [-0.25, -0.2) is 9.78 Å². The van der Waals surface area contributed by atoms with Gasteiger partial charge in [-0.2, -0.15) is 0 Å². The highest BCUT2D eigenvalue weighted by molar-refractivity contribution is 5.89. The summed E-state index contributed by atoms with van der Waals surface area (Å²) >= 11 is 0. The third-order valence-corrected chi connectivity index (χ3v) is 6.11. The second-order valence-corrected chi connectivity index (χ2v) is 7.99. The van der Waals surface area contributed by atoms with Crippen LogP contribution in [0.1, 0.15) is 43.1 Å². The Labute approximate surface area is 195 Å². The number of cyclic esters (lactones) is 1. The fourth-order valence-electron chi connectivity index (χ4n) is 4.45. The fourth-order valence-corrected chi connectivity index (χ4v) is 4.45. The van der Waals surface area contributed by atoms with E-state index in [1.807, 2.05) is 6.07 Å². The monoisotopic (exact) mass is 479 g/mol. The number of pyridine rings is 2. The van der Waals surface area contributed by atoms with Gasteiger partial charge in [0.1, 0.15) is 11.9 Å². The van der Waals surface area contributed by atoms with Crippen LogP contribution >= 0.6 is 24.8 Å². The molecule has 0 saturated carbocycles. The number of phenols is 1. The lowest BCUT2D eigenvalue weighted by Crippen LogP contribution is -2.49. The average molecular weight is 480 g/mol. The zero-order chi connectivity index (χ0) is 21.4. The van der Waals surface area contributed by atoms with Crippen LogP contribution in [0.3, 0.4) is 0 Å². The molecule has 3 atom stereocenters. The van der Waals surface area contributed by atoms with Crippen LogP contribution in [0.25, 0.3) is 22.3 Å². The molecular formula is C22H23Cl2N3O5. The van der Waals surface area contributed by atoms with Crippen LogP contribution in [0.2, 0.25) is 0 Å². The van der Waals surface area contributed by atoms with Crippen molar-refractivity contribution in [3.05, 3.63) is 57.4 Å². The van der Waals surface area contributed by atoms with Crippen LogP contribution in [0.4, 0.5) is 0 Å². The van der Waals surface area contributed by atoms with Crippen LogP contribution in [-0.4, -0.2) is 31.8 Å². The highest BCUT2D eigenvalue weighted by Gasteiger charge is 2.49. The van der Waals surface area contributed by atoms with Gasteiger partial charge in [0.25, 0.3) is 5.56 Å². The molecule has 170 valence electrons. The predicted octanol–water partition coefficient (Wildman–Crippen LogP) is 2.52.